The molecule has 4 nitrogen and oxygen atoms in total. The van der Waals surface area contributed by atoms with Crippen LogP contribution in [0.25, 0.3) is 0 Å². The second kappa shape index (κ2) is 5.40. The molecule has 18 heavy (non-hydrogen) atoms. The molecule has 1 aliphatic rings. The van der Waals surface area contributed by atoms with E-state index in [4.69, 9.17) is 5.73 Å². The molecule has 4 N–H and O–H groups in total. The van der Waals surface area contributed by atoms with Gasteiger partial charge < -0.3 is 16.2 Å². The molecule has 0 heterocycles. The van der Waals surface area contributed by atoms with Crippen molar-refractivity contribution in [2.24, 2.45) is 11.7 Å². The Bertz CT molecular complexity index is 445. The lowest BCUT2D eigenvalue weighted by Crippen LogP contribution is -2.36. The third-order valence-corrected chi connectivity index (χ3v) is 3.79. The number of phenolic OH excluding ortho intramolecular Hbond substituents is 1. The van der Waals surface area contributed by atoms with Crippen LogP contribution in [0.5, 0.6) is 5.75 Å². The minimum atomic E-state index is -0.137. The van der Waals surface area contributed by atoms with Crippen molar-refractivity contribution in [2.75, 3.05) is 6.54 Å². The first-order chi connectivity index (χ1) is 8.59. The molecule has 1 saturated carbocycles. The summed E-state index contributed by atoms with van der Waals surface area (Å²) in [6, 6.07) is 5.19. The van der Waals surface area contributed by atoms with Crippen LogP contribution in [0, 0.1) is 12.8 Å². The number of amides is 1. The highest BCUT2D eigenvalue weighted by Gasteiger charge is 2.24. The molecule has 0 saturated heterocycles. The minimum Gasteiger partial charge on any atom is -0.508 e. The van der Waals surface area contributed by atoms with Crippen molar-refractivity contribution >= 4 is 5.91 Å². The molecule has 98 valence electrons. The first kappa shape index (κ1) is 12.9. The molecule has 1 aromatic rings. The molecule has 0 radical (unpaired) electrons. The lowest BCUT2D eigenvalue weighted by Gasteiger charge is -2.16. The summed E-state index contributed by atoms with van der Waals surface area (Å²) in [4.78, 5) is 12.0. The van der Waals surface area contributed by atoms with E-state index >= 15 is 0 Å². The lowest BCUT2D eigenvalue weighted by atomic mass is 10.0. The van der Waals surface area contributed by atoms with E-state index in [1.54, 1.807) is 25.1 Å². The fraction of sp³-hybridized carbons (Fsp3) is 0.500. The molecule has 0 bridgehead atoms. The van der Waals surface area contributed by atoms with Crippen molar-refractivity contribution in [2.45, 2.75) is 32.2 Å². The van der Waals surface area contributed by atoms with Crippen LogP contribution in [0.4, 0.5) is 0 Å². The Morgan fingerprint density at radius 1 is 1.50 bits per heavy atom. The Labute approximate surface area is 107 Å². The minimum absolute atomic E-state index is 0.137. The van der Waals surface area contributed by atoms with Gasteiger partial charge >= 0.3 is 0 Å². The van der Waals surface area contributed by atoms with Gasteiger partial charge in [-0.15, -0.1) is 0 Å². The highest BCUT2D eigenvalue weighted by Crippen LogP contribution is 2.23. The monoisotopic (exact) mass is 248 g/mol. The Hall–Kier alpha value is -1.55. The Morgan fingerprint density at radius 2 is 2.28 bits per heavy atom. The van der Waals surface area contributed by atoms with Crippen LogP contribution in [0.3, 0.4) is 0 Å². The van der Waals surface area contributed by atoms with Crippen molar-refractivity contribution in [3.8, 4) is 5.75 Å². The summed E-state index contributed by atoms with van der Waals surface area (Å²) in [7, 11) is 0. The Kier molecular flexibility index (Phi) is 3.87. The molecule has 0 aliphatic heterocycles. The maximum absolute atomic E-state index is 12.0. The molecule has 4 heteroatoms. The quantitative estimate of drug-likeness (QED) is 0.759. The van der Waals surface area contributed by atoms with Gasteiger partial charge in [0.15, 0.2) is 0 Å². The van der Waals surface area contributed by atoms with Crippen LogP contribution in [0.15, 0.2) is 18.2 Å². The van der Waals surface area contributed by atoms with Gasteiger partial charge in [-0.2, -0.15) is 0 Å². The Balaban J connectivity index is 1.97. The second-order valence-electron chi connectivity index (χ2n) is 5.01. The first-order valence-corrected chi connectivity index (χ1v) is 6.42. The van der Waals surface area contributed by atoms with Gasteiger partial charge in [0.2, 0.25) is 0 Å². The number of rotatable bonds is 3. The van der Waals surface area contributed by atoms with E-state index in [0.29, 0.717) is 23.6 Å². The largest absolute Gasteiger partial charge is 0.508 e. The third-order valence-electron chi connectivity index (χ3n) is 3.79. The molecule has 0 spiro atoms. The highest BCUT2D eigenvalue weighted by molar-refractivity contribution is 5.96. The number of aromatic hydroxyl groups is 1. The lowest BCUT2D eigenvalue weighted by molar-refractivity contribution is 0.0945. The predicted octanol–water partition coefficient (Wildman–Crippen LogP) is 1.56. The normalized spacial score (nSPS) is 23.0. The van der Waals surface area contributed by atoms with Crippen molar-refractivity contribution in [1.29, 1.82) is 0 Å². The standard InChI is InChI=1S/C14H20N2O2/c1-9-11(5-3-7-13(9)17)14(18)16-8-10-4-2-6-12(10)15/h3,5,7,10,12,17H,2,4,6,8,15H2,1H3,(H,16,18). The smallest absolute Gasteiger partial charge is 0.251 e. The molecule has 2 unspecified atom stereocenters. The zero-order chi connectivity index (χ0) is 13.1. The maximum atomic E-state index is 12.0. The van der Waals surface area contributed by atoms with E-state index in [2.05, 4.69) is 5.32 Å². The molecule has 1 aliphatic carbocycles. The topological polar surface area (TPSA) is 75.3 Å². The summed E-state index contributed by atoms with van der Waals surface area (Å²) in [5.74, 6) is 0.397. The maximum Gasteiger partial charge on any atom is 0.251 e. The van der Waals surface area contributed by atoms with Crippen molar-refractivity contribution in [3.63, 3.8) is 0 Å². The van der Waals surface area contributed by atoms with E-state index in [1.165, 1.54) is 0 Å². The fourth-order valence-electron chi connectivity index (χ4n) is 2.51. The van der Waals surface area contributed by atoms with Gasteiger partial charge in [-0.25, -0.2) is 0 Å². The molecular formula is C14H20N2O2. The number of nitrogens with two attached hydrogens (primary N) is 1. The summed E-state index contributed by atoms with van der Waals surface area (Å²) in [6.07, 6.45) is 3.28. The van der Waals surface area contributed by atoms with E-state index in [0.717, 1.165) is 19.3 Å². The van der Waals surface area contributed by atoms with Crippen LogP contribution in [-0.2, 0) is 0 Å². The van der Waals surface area contributed by atoms with Gasteiger partial charge in [-0.1, -0.05) is 12.5 Å². The number of carbonyl (C=O) groups excluding carboxylic acids is 1. The molecule has 2 atom stereocenters. The number of phenols is 1. The van der Waals surface area contributed by atoms with Gasteiger partial charge in [-0.05, 0) is 37.8 Å². The average Bonchev–Trinajstić information content (AvgIpc) is 2.75. The molecule has 1 amide bonds. The van der Waals surface area contributed by atoms with E-state index < -0.39 is 0 Å². The van der Waals surface area contributed by atoms with Gasteiger partial charge in [-0.3, -0.25) is 4.79 Å². The first-order valence-electron chi connectivity index (χ1n) is 6.42. The summed E-state index contributed by atoms with van der Waals surface area (Å²) in [6.45, 7) is 2.36. The fourth-order valence-corrected chi connectivity index (χ4v) is 2.51. The summed E-state index contributed by atoms with van der Waals surface area (Å²) >= 11 is 0. The number of hydrogen-bond acceptors (Lipinski definition) is 3. The molecular weight excluding hydrogens is 228 g/mol. The van der Waals surface area contributed by atoms with E-state index in [1.807, 2.05) is 0 Å². The van der Waals surface area contributed by atoms with E-state index in [9.17, 15) is 9.90 Å². The predicted molar refractivity (Wildman–Crippen MR) is 70.5 cm³/mol. The number of carbonyl (C=O) groups is 1. The van der Waals surface area contributed by atoms with Gasteiger partial charge in [0.1, 0.15) is 5.75 Å². The van der Waals surface area contributed by atoms with Crippen LogP contribution in [0.1, 0.15) is 35.2 Å². The van der Waals surface area contributed by atoms with Crippen LogP contribution < -0.4 is 11.1 Å². The number of benzene rings is 1. The third kappa shape index (κ3) is 2.64. The van der Waals surface area contributed by atoms with Gasteiger partial charge in [0, 0.05) is 23.7 Å². The zero-order valence-electron chi connectivity index (χ0n) is 10.6. The van der Waals surface area contributed by atoms with Crippen LogP contribution in [-0.4, -0.2) is 23.6 Å². The summed E-state index contributed by atoms with van der Waals surface area (Å²) < 4.78 is 0. The molecule has 1 fully saturated rings. The SMILES string of the molecule is Cc1c(O)cccc1C(=O)NCC1CCCC1N. The average molecular weight is 248 g/mol. The van der Waals surface area contributed by atoms with Crippen molar-refractivity contribution in [3.05, 3.63) is 29.3 Å². The van der Waals surface area contributed by atoms with Crippen LogP contribution in [0.2, 0.25) is 0 Å². The van der Waals surface area contributed by atoms with E-state index in [-0.39, 0.29) is 17.7 Å². The van der Waals surface area contributed by atoms with Crippen molar-refractivity contribution in [1.82, 2.24) is 5.32 Å². The Morgan fingerprint density at radius 3 is 2.94 bits per heavy atom. The van der Waals surface area contributed by atoms with Crippen LogP contribution >= 0.6 is 0 Å². The number of hydrogen-bond donors (Lipinski definition) is 3. The number of nitrogens with one attached hydrogen (secondary N) is 1. The summed E-state index contributed by atoms with van der Waals surface area (Å²) in [5, 5.41) is 12.5. The van der Waals surface area contributed by atoms with Gasteiger partial charge in [0.25, 0.3) is 5.91 Å². The highest BCUT2D eigenvalue weighted by atomic mass is 16.3. The second-order valence-corrected chi connectivity index (χ2v) is 5.01. The molecule has 2 rings (SSSR count). The summed E-state index contributed by atoms with van der Waals surface area (Å²) in [5.41, 5.74) is 7.11. The molecule has 0 aromatic heterocycles. The van der Waals surface area contributed by atoms with Gasteiger partial charge in [0.05, 0.1) is 0 Å². The van der Waals surface area contributed by atoms with Crippen molar-refractivity contribution < 1.29 is 9.90 Å². The zero-order valence-corrected chi connectivity index (χ0v) is 10.6. The molecule has 1 aromatic carbocycles.